The first kappa shape index (κ1) is 27.0. The third-order valence-electron chi connectivity index (χ3n) is 6.48. The molecule has 1 aliphatic carbocycles. The molecule has 3 aliphatic rings. The monoisotopic (exact) mass is 484 g/mol. The molecule has 0 spiro atoms. The minimum absolute atomic E-state index is 0.0849. The highest BCUT2D eigenvalue weighted by Gasteiger charge is 2.51. The maximum atomic E-state index is 10.9. The molecule has 15 atom stereocenters. The predicted octanol–water partition coefficient (Wildman–Crippen LogP) is -7.29. The molecule has 33 heavy (non-hydrogen) atoms. The Morgan fingerprint density at radius 1 is 0.667 bits per heavy atom. The Balaban J connectivity index is 1.72. The molecule has 1 saturated carbocycles. The van der Waals surface area contributed by atoms with E-state index in [4.69, 9.17) is 41.9 Å². The van der Waals surface area contributed by atoms with Gasteiger partial charge in [0, 0.05) is 18.6 Å². The van der Waals surface area contributed by atoms with Gasteiger partial charge in [-0.25, -0.2) is 0 Å². The summed E-state index contributed by atoms with van der Waals surface area (Å²) < 4.78 is 22.2. The Hall–Kier alpha value is -0.600. The number of rotatable bonds is 6. The van der Waals surface area contributed by atoms with E-state index in [-0.39, 0.29) is 13.0 Å². The highest BCUT2D eigenvalue weighted by atomic mass is 16.7. The van der Waals surface area contributed by atoms with Gasteiger partial charge in [0.1, 0.15) is 61.0 Å². The molecule has 2 saturated heterocycles. The van der Waals surface area contributed by atoms with Crippen molar-refractivity contribution in [3.8, 4) is 0 Å². The lowest BCUT2D eigenvalue weighted by Crippen LogP contribution is -2.68. The normalized spacial score (nSPS) is 53.7. The van der Waals surface area contributed by atoms with E-state index in [0.29, 0.717) is 0 Å². The summed E-state index contributed by atoms with van der Waals surface area (Å²) in [6.45, 7) is -0.763. The second-order valence-electron chi connectivity index (χ2n) is 8.79. The molecule has 0 aromatic rings. The molecular weight excluding hydrogens is 448 g/mol. The van der Waals surface area contributed by atoms with Gasteiger partial charge in [-0.15, -0.1) is 0 Å². The van der Waals surface area contributed by atoms with Gasteiger partial charge < -0.3 is 77.6 Å². The Bertz CT molecular complexity index is 584. The molecule has 0 bridgehead atoms. The molecule has 2 aliphatic heterocycles. The van der Waals surface area contributed by atoms with E-state index >= 15 is 0 Å². The van der Waals surface area contributed by atoms with Crippen molar-refractivity contribution in [3.63, 3.8) is 0 Å². The van der Waals surface area contributed by atoms with E-state index in [2.05, 4.69) is 0 Å². The van der Waals surface area contributed by atoms with E-state index in [1.165, 1.54) is 0 Å². The lowest BCUT2D eigenvalue weighted by Gasteiger charge is -2.48. The van der Waals surface area contributed by atoms with E-state index in [0.717, 1.165) is 0 Å². The second-order valence-corrected chi connectivity index (χ2v) is 8.79. The van der Waals surface area contributed by atoms with Gasteiger partial charge in [-0.3, -0.25) is 0 Å². The quantitative estimate of drug-likeness (QED) is 0.167. The van der Waals surface area contributed by atoms with Crippen molar-refractivity contribution in [2.24, 2.45) is 22.9 Å². The van der Waals surface area contributed by atoms with Crippen molar-refractivity contribution in [3.05, 3.63) is 0 Å². The predicted molar refractivity (Wildman–Crippen MR) is 108 cm³/mol. The topological polar surface area (TPSA) is 283 Å². The molecule has 15 heteroatoms. The maximum Gasteiger partial charge on any atom is 0.187 e. The lowest BCUT2D eigenvalue weighted by molar-refractivity contribution is -0.332. The van der Waals surface area contributed by atoms with Crippen LogP contribution in [0.4, 0.5) is 0 Å². The van der Waals surface area contributed by atoms with Crippen LogP contribution in [0.25, 0.3) is 0 Å². The highest BCUT2D eigenvalue weighted by molar-refractivity contribution is 5.01. The fourth-order valence-electron chi connectivity index (χ4n) is 4.40. The minimum Gasteiger partial charge on any atom is -0.394 e. The van der Waals surface area contributed by atoms with Gasteiger partial charge in [0.05, 0.1) is 12.6 Å². The van der Waals surface area contributed by atoms with Crippen LogP contribution in [-0.2, 0) is 18.9 Å². The molecule has 3 fully saturated rings. The van der Waals surface area contributed by atoms with E-state index < -0.39 is 98.4 Å². The van der Waals surface area contributed by atoms with Gasteiger partial charge in [-0.1, -0.05) is 0 Å². The zero-order valence-corrected chi connectivity index (χ0v) is 17.9. The third kappa shape index (κ3) is 5.32. The summed E-state index contributed by atoms with van der Waals surface area (Å²) in [5.74, 6) is 0. The summed E-state index contributed by atoms with van der Waals surface area (Å²) in [4.78, 5) is 0. The number of hydrogen-bond donors (Lipinski definition) is 11. The lowest BCUT2D eigenvalue weighted by atomic mass is 9.84. The van der Waals surface area contributed by atoms with Gasteiger partial charge in [-0.05, 0) is 6.42 Å². The Labute approximate surface area is 189 Å². The highest BCUT2D eigenvalue weighted by Crippen LogP contribution is 2.31. The Morgan fingerprint density at radius 2 is 1.18 bits per heavy atom. The largest absolute Gasteiger partial charge is 0.394 e. The van der Waals surface area contributed by atoms with Crippen LogP contribution in [0, 0.1) is 0 Å². The summed E-state index contributed by atoms with van der Waals surface area (Å²) in [5.41, 5.74) is 23.5. The summed E-state index contributed by atoms with van der Waals surface area (Å²) in [6.07, 6.45) is -16.5. The Morgan fingerprint density at radius 3 is 1.70 bits per heavy atom. The van der Waals surface area contributed by atoms with Crippen molar-refractivity contribution in [2.45, 2.75) is 98.2 Å². The summed E-state index contributed by atoms with van der Waals surface area (Å²) >= 11 is 0. The molecule has 0 aromatic heterocycles. The van der Waals surface area contributed by atoms with Gasteiger partial charge in [0.2, 0.25) is 0 Å². The van der Waals surface area contributed by atoms with Crippen LogP contribution >= 0.6 is 0 Å². The Kier molecular flexibility index (Phi) is 8.99. The first-order valence-corrected chi connectivity index (χ1v) is 10.8. The first-order valence-electron chi connectivity index (χ1n) is 10.8. The van der Waals surface area contributed by atoms with Crippen molar-refractivity contribution < 1.29 is 54.7 Å². The van der Waals surface area contributed by atoms with Gasteiger partial charge >= 0.3 is 0 Å². The summed E-state index contributed by atoms with van der Waals surface area (Å²) in [5, 5.41) is 70.9. The maximum absolute atomic E-state index is 10.9. The van der Waals surface area contributed by atoms with Crippen LogP contribution in [0.5, 0.6) is 0 Å². The van der Waals surface area contributed by atoms with Gasteiger partial charge in [0.25, 0.3) is 0 Å². The molecule has 3 rings (SSSR count). The van der Waals surface area contributed by atoms with Crippen LogP contribution in [0.2, 0.25) is 0 Å². The number of hydrogen-bond acceptors (Lipinski definition) is 15. The van der Waals surface area contributed by atoms with E-state index in [1.807, 2.05) is 0 Å². The molecule has 15 N–H and O–H groups in total. The smallest absolute Gasteiger partial charge is 0.187 e. The molecule has 2 heterocycles. The molecule has 0 aromatic carbocycles. The van der Waals surface area contributed by atoms with Crippen LogP contribution in [-0.4, -0.2) is 141 Å². The minimum atomic E-state index is -1.66. The third-order valence-corrected chi connectivity index (χ3v) is 6.48. The van der Waals surface area contributed by atoms with Crippen molar-refractivity contribution in [2.75, 3.05) is 13.2 Å². The molecule has 0 radical (unpaired) electrons. The summed E-state index contributed by atoms with van der Waals surface area (Å²) in [7, 11) is 0. The number of ether oxygens (including phenoxy) is 4. The van der Waals surface area contributed by atoms with Crippen LogP contribution < -0.4 is 22.9 Å². The van der Waals surface area contributed by atoms with Crippen molar-refractivity contribution in [1.82, 2.24) is 0 Å². The average Bonchev–Trinajstić information content (AvgIpc) is 2.79. The van der Waals surface area contributed by atoms with Gasteiger partial charge in [-0.2, -0.15) is 0 Å². The number of nitrogens with two attached hydrogens (primary N) is 4. The van der Waals surface area contributed by atoms with Gasteiger partial charge in [0.15, 0.2) is 12.6 Å². The molecule has 15 nitrogen and oxygen atoms in total. The van der Waals surface area contributed by atoms with Crippen LogP contribution in [0.1, 0.15) is 6.42 Å². The standard InChI is InChI=1S/C18H36N4O11/c19-2-6-10(25)12(27)13(28)18(30-6)33-16-5(21)1-4(20)15(14(16)29)32-17-11(26)8(22)9(24)7(3-23)31-17/h4-18,23-29H,1-3,19-22H2/t4-,5?,6?,7?,8?,9-,10-,11-,12+,13?,14-,15?,16-,17-,18-/m1/s1. The zero-order valence-electron chi connectivity index (χ0n) is 17.9. The zero-order chi connectivity index (χ0) is 24.6. The fraction of sp³-hybridized carbons (Fsp3) is 1.00. The van der Waals surface area contributed by atoms with Crippen LogP contribution in [0.3, 0.4) is 0 Å². The van der Waals surface area contributed by atoms with Crippen LogP contribution in [0.15, 0.2) is 0 Å². The molecule has 6 unspecified atom stereocenters. The number of aliphatic hydroxyl groups excluding tert-OH is 7. The molecule has 194 valence electrons. The van der Waals surface area contributed by atoms with E-state index in [1.54, 1.807) is 0 Å². The number of aliphatic hydroxyl groups is 7. The van der Waals surface area contributed by atoms with Crippen molar-refractivity contribution >= 4 is 0 Å². The SMILES string of the molecule is NCC1O[C@H](O[C@@H]2C(N)C[C@@H](N)C(O[C@H]3OC(CO)[C@@H](O)C(N)[C@H]3O)[C@H]2O)C(O)[C@@H](O)[C@@H]1O. The molecular formula is C18H36N4O11. The summed E-state index contributed by atoms with van der Waals surface area (Å²) in [6, 6.07) is -2.86. The second kappa shape index (κ2) is 11.0. The fourth-order valence-corrected chi connectivity index (χ4v) is 4.40. The first-order chi connectivity index (χ1) is 15.5. The van der Waals surface area contributed by atoms with Crippen molar-refractivity contribution in [1.29, 1.82) is 0 Å². The average molecular weight is 485 g/mol. The molecule has 0 amide bonds. The van der Waals surface area contributed by atoms with E-state index in [9.17, 15) is 35.7 Å².